The summed E-state index contributed by atoms with van der Waals surface area (Å²) in [7, 11) is -2.05. The standard InChI is InChI=1S/C17H19N3O7S/c1-27-17(24)11-3-2-4-12(15(11)22)18-16(23)13-5-6-14(21)20(19-13)10-7-8-28(25,26)9-10/h2-4,10,22H,5-9H2,1H3,(H,18,23). The second-order valence-corrected chi connectivity index (χ2v) is 8.72. The number of aromatic hydroxyl groups is 1. The molecule has 1 saturated heterocycles. The number of carbonyl (C=O) groups is 3. The highest BCUT2D eigenvalue weighted by Crippen LogP contribution is 2.28. The smallest absolute Gasteiger partial charge is 0.341 e. The van der Waals surface area contributed by atoms with Crippen LogP contribution >= 0.6 is 0 Å². The van der Waals surface area contributed by atoms with E-state index in [1.165, 1.54) is 25.3 Å². The summed E-state index contributed by atoms with van der Waals surface area (Å²) in [5.41, 5.74) is -0.0897. The van der Waals surface area contributed by atoms with Gasteiger partial charge >= 0.3 is 5.97 Å². The lowest BCUT2D eigenvalue weighted by molar-refractivity contribution is -0.133. The van der Waals surface area contributed by atoms with Crippen molar-refractivity contribution >= 4 is 39.0 Å². The van der Waals surface area contributed by atoms with Crippen LogP contribution in [0.1, 0.15) is 29.6 Å². The van der Waals surface area contributed by atoms with Crippen LogP contribution < -0.4 is 5.32 Å². The van der Waals surface area contributed by atoms with Crippen molar-refractivity contribution in [2.75, 3.05) is 23.9 Å². The fourth-order valence-corrected chi connectivity index (χ4v) is 4.79. The summed E-state index contributed by atoms with van der Waals surface area (Å²) in [4.78, 5) is 36.3. The Labute approximate surface area is 161 Å². The summed E-state index contributed by atoms with van der Waals surface area (Å²) in [5, 5.41) is 17.8. The highest BCUT2D eigenvalue weighted by atomic mass is 32.2. The van der Waals surface area contributed by atoms with E-state index in [4.69, 9.17) is 0 Å². The average molecular weight is 409 g/mol. The number of methoxy groups -OCH3 is 1. The maximum atomic E-state index is 12.5. The van der Waals surface area contributed by atoms with Crippen molar-refractivity contribution in [2.24, 2.45) is 5.10 Å². The molecule has 1 aromatic carbocycles. The van der Waals surface area contributed by atoms with Crippen LogP contribution in [0.25, 0.3) is 0 Å². The minimum Gasteiger partial charge on any atom is -0.505 e. The summed E-state index contributed by atoms with van der Waals surface area (Å²) >= 11 is 0. The zero-order valence-corrected chi connectivity index (χ0v) is 15.9. The third kappa shape index (κ3) is 3.98. The number of hydrogen-bond acceptors (Lipinski definition) is 8. The van der Waals surface area contributed by atoms with Crippen molar-refractivity contribution in [1.82, 2.24) is 5.01 Å². The van der Waals surface area contributed by atoms with Crippen molar-refractivity contribution in [1.29, 1.82) is 0 Å². The van der Waals surface area contributed by atoms with E-state index in [1.807, 2.05) is 0 Å². The molecule has 0 aliphatic carbocycles. The third-order valence-corrected chi connectivity index (χ3v) is 6.32. The quantitative estimate of drug-likeness (QED) is 0.537. The van der Waals surface area contributed by atoms with Crippen LogP contribution in [-0.4, -0.2) is 66.7 Å². The van der Waals surface area contributed by atoms with Crippen LogP contribution in [0.3, 0.4) is 0 Å². The normalized spacial score (nSPS) is 21.2. The Morgan fingerprint density at radius 2 is 2.07 bits per heavy atom. The van der Waals surface area contributed by atoms with E-state index in [9.17, 15) is 27.9 Å². The maximum absolute atomic E-state index is 12.5. The highest BCUT2D eigenvalue weighted by Gasteiger charge is 2.37. The Hall–Kier alpha value is -2.95. The lowest BCUT2D eigenvalue weighted by Gasteiger charge is -2.27. The number of carbonyl (C=O) groups excluding carboxylic acids is 3. The van der Waals surface area contributed by atoms with Gasteiger partial charge in [-0.05, 0) is 18.6 Å². The fraction of sp³-hybridized carbons (Fsp3) is 0.412. The van der Waals surface area contributed by atoms with Crippen LogP contribution in [0, 0.1) is 0 Å². The van der Waals surface area contributed by atoms with E-state index in [0.29, 0.717) is 0 Å². The molecule has 2 amide bonds. The number of nitrogens with zero attached hydrogens (tertiary/aromatic N) is 2. The predicted molar refractivity (Wildman–Crippen MR) is 98.6 cm³/mol. The molecular weight excluding hydrogens is 390 g/mol. The molecule has 1 fully saturated rings. The molecular formula is C17H19N3O7S. The molecule has 1 unspecified atom stereocenters. The number of nitrogens with one attached hydrogen (secondary N) is 1. The molecule has 1 aromatic rings. The molecule has 150 valence electrons. The van der Waals surface area contributed by atoms with Gasteiger partial charge in [0, 0.05) is 12.8 Å². The van der Waals surface area contributed by atoms with Gasteiger partial charge in [-0.25, -0.2) is 18.2 Å². The van der Waals surface area contributed by atoms with Gasteiger partial charge in [-0.2, -0.15) is 5.10 Å². The first-order valence-electron chi connectivity index (χ1n) is 8.53. The van der Waals surface area contributed by atoms with Crippen molar-refractivity contribution in [3.8, 4) is 5.75 Å². The Morgan fingerprint density at radius 1 is 1.32 bits per heavy atom. The Morgan fingerprint density at radius 3 is 2.71 bits per heavy atom. The molecule has 2 N–H and O–H groups in total. The summed E-state index contributed by atoms with van der Waals surface area (Å²) < 4.78 is 27.9. The van der Waals surface area contributed by atoms with Crippen molar-refractivity contribution in [2.45, 2.75) is 25.3 Å². The number of sulfone groups is 1. The van der Waals surface area contributed by atoms with Crippen LogP contribution in [-0.2, 0) is 24.2 Å². The number of phenols is 1. The molecule has 1 atom stereocenters. The molecule has 10 nitrogen and oxygen atoms in total. The number of rotatable bonds is 4. The van der Waals surface area contributed by atoms with Gasteiger partial charge in [0.25, 0.3) is 5.91 Å². The lowest BCUT2D eigenvalue weighted by Crippen LogP contribution is -2.42. The first-order chi connectivity index (χ1) is 13.2. The number of esters is 1. The van der Waals surface area contributed by atoms with E-state index >= 15 is 0 Å². The van der Waals surface area contributed by atoms with Gasteiger partial charge in [-0.3, -0.25) is 9.59 Å². The molecule has 2 aliphatic rings. The molecule has 0 saturated carbocycles. The second-order valence-electron chi connectivity index (χ2n) is 6.49. The van der Waals surface area contributed by atoms with Gasteiger partial charge in [0.05, 0.1) is 30.3 Å². The van der Waals surface area contributed by atoms with Crippen molar-refractivity contribution in [3.05, 3.63) is 23.8 Å². The molecule has 0 aromatic heterocycles. The zero-order valence-electron chi connectivity index (χ0n) is 15.0. The number of amides is 2. The molecule has 0 radical (unpaired) electrons. The first-order valence-corrected chi connectivity index (χ1v) is 10.4. The molecule has 2 aliphatic heterocycles. The lowest BCUT2D eigenvalue weighted by atomic mass is 10.1. The number of anilines is 1. The minimum atomic E-state index is -3.22. The van der Waals surface area contributed by atoms with Crippen molar-refractivity contribution in [3.63, 3.8) is 0 Å². The Balaban J connectivity index is 1.80. The predicted octanol–water partition coefficient (Wildman–Crippen LogP) is 0.283. The molecule has 0 spiro atoms. The number of benzene rings is 1. The number of phenolic OH excluding ortho intramolecular Hbond substituents is 1. The van der Waals surface area contributed by atoms with Gasteiger partial charge in [-0.1, -0.05) is 6.07 Å². The fourth-order valence-electron chi connectivity index (χ4n) is 3.10. The van der Waals surface area contributed by atoms with Crippen LogP contribution in [0.15, 0.2) is 23.3 Å². The van der Waals surface area contributed by atoms with Gasteiger partial charge in [0.15, 0.2) is 15.6 Å². The molecule has 0 bridgehead atoms. The van der Waals surface area contributed by atoms with Crippen LogP contribution in [0.2, 0.25) is 0 Å². The van der Waals surface area contributed by atoms with E-state index in [-0.39, 0.29) is 53.6 Å². The number of ether oxygens (including phenoxy) is 1. The molecule has 3 rings (SSSR count). The third-order valence-electron chi connectivity index (χ3n) is 4.57. The maximum Gasteiger partial charge on any atom is 0.341 e. The average Bonchev–Trinajstić information content (AvgIpc) is 3.02. The van der Waals surface area contributed by atoms with Gasteiger partial charge in [0.2, 0.25) is 5.91 Å². The van der Waals surface area contributed by atoms with E-state index in [1.54, 1.807) is 0 Å². The largest absolute Gasteiger partial charge is 0.505 e. The summed E-state index contributed by atoms with van der Waals surface area (Å²) in [6, 6.07) is 3.62. The molecule has 11 heteroatoms. The minimum absolute atomic E-state index is 0.0116. The van der Waals surface area contributed by atoms with E-state index in [2.05, 4.69) is 15.2 Å². The molecule has 2 heterocycles. The number of para-hydroxylation sites is 1. The van der Waals surface area contributed by atoms with Gasteiger partial charge in [0.1, 0.15) is 11.3 Å². The number of hydrogen-bond donors (Lipinski definition) is 2. The van der Waals surface area contributed by atoms with Crippen LogP contribution in [0.4, 0.5) is 5.69 Å². The highest BCUT2D eigenvalue weighted by molar-refractivity contribution is 7.91. The van der Waals surface area contributed by atoms with Gasteiger partial charge in [-0.15, -0.1) is 0 Å². The monoisotopic (exact) mass is 409 g/mol. The zero-order chi connectivity index (χ0) is 20.5. The number of hydrazone groups is 1. The molecule has 28 heavy (non-hydrogen) atoms. The summed E-state index contributed by atoms with van der Waals surface area (Å²) in [6.07, 6.45) is 0.378. The van der Waals surface area contributed by atoms with E-state index in [0.717, 1.165) is 5.01 Å². The second kappa shape index (κ2) is 7.58. The van der Waals surface area contributed by atoms with Gasteiger partial charge < -0.3 is 15.2 Å². The Bertz CT molecular complexity index is 971. The summed E-state index contributed by atoms with van der Waals surface area (Å²) in [6.45, 7) is 0. The van der Waals surface area contributed by atoms with Crippen LogP contribution in [0.5, 0.6) is 5.75 Å². The first kappa shape index (κ1) is 19.8. The van der Waals surface area contributed by atoms with Crippen molar-refractivity contribution < 1.29 is 32.6 Å². The Kier molecular flexibility index (Phi) is 5.36. The van der Waals surface area contributed by atoms with E-state index < -0.39 is 33.5 Å². The topological polar surface area (TPSA) is 142 Å². The summed E-state index contributed by atoms with van der Waals surface area (Å²) in [5.74, 6) is -2.41. The SMILES string of the molecule is COC(=O)c1cccc(NC(=O)C2=NN(C3CCS(=O)(=O)C3)C(=O)CC2)c1O.